The Labute approximate surface area is 112 Å². The van der Waals surface area contributed by atoms with E-state index in [-0.39, 0.29) is 11.7 Å². The summed E-state index contributed by atoms with van der Waals surface area (Å²) in [5.74, 6) is 0.494. The van der Waals surface area contributed by atoms with Crippen LogP contribution < -0.4 is 5.73 Å². The summed E-state index contributed by atoms with van der Waals surface area (Å²) >= 11 is 3.28. The number of nitro benzene ring substituents is 1. The Morgan fingerprint density at radius 1 is 1.56 bits per heavy atom. The quantitative estimate of drug-likeness (QED) is 0.697. The molecule has 0 aliphatic carbocycles. The van der Waals surface area contributed by atoms with Gasteiger partial charge in [0.1, 0.15) is 5.82 Å². The van der Waals surface area contributed by atoms with Crippen LogP contribution in [-0.4, -0.2) is 14.7 Å². The van der Waals surface area contributed by atoms with E-state index in [1.807, 2.05) is 13.0 Å². The van der Waals surface area contributed by atoms with Gasteiger partial charge in [0.05, 0.1) is 21.6 Å². The molecule has 0 aliphatic heterocycles. The lowest BCUT2D eigenvalue weighted by Gasteiger charge is -2.14. The van der Waals surface area contributed by atoms with E-state index in [0.29, 0.717) is 10.3 Å². The van der Waals surface area contributed by atoms with Crippen molar-refractivity contribution in [2.75, 3.05) is 5.73 Å². The summed E-state index contributed by atoms with van der Waals surface area (Å²) < 4.78 is 2.32. The summed E-state index contributed by atoms with van der Waals surface area (Å²) in [6, 6.07) is 6.28. The van der Waals surface area contributed by atoms with Crippen molar-refractivity contribution >= 4 is 27.4 Å². The van der Waals surface area contributed by atoms with Crippen molar-refractivity contribution in [2.24, 2.45) is 0 Å². The highest BCUT2D eigenvalue weighted by Crippen LogP contribution is 2.27. The monoisotopic (exact) mass is 310 g/mol. The molecule has 0 saturated carbocycles. The average molecular weight is 311 g/mol. The lowest BCUT2D eigenvalue weighted by Crippen LogP contribution is -2.11. The molecule has 1 aromatic heterocycles. The van der Waals surface area contributed by atoms with E-state index in [0.717, 1.165) is 5.56 Å². The number of rotatable bonds is 3. The largest absolute Gasteiger partial charge is 0.383 e. The number of nitrogens with two attached hydrogens (primary N) is 1. The van der Waals surface area contributed by atoms with Gasteiger partial charge in [-0.1, -0.05) is 12.1 Å². The number of hydrogen-bond donors (Lipinski definition) is 1. The second-order valence-electron chi connectivity index (χ2n) is 3.85. The van der Waals surface area contributed by atoms with E-state index in [2.05, 4.69) is 21.0 Å². The molecule has 0 spiro atoms. The van der Waals surface area contributed by atoms with Crippen molar-refractivity contribution in [3.63, 3.8) is 0 Å². The maximum atomic E-state index is 10.7. The zero-order valence-electron chi connectivity index (χ0n) is 9.58. The maximum Gasteiger partial charge on any atom is 0.269 e. The van der Waals surface area contributed by atoms with Gasteiger partial charge >= 0.3 is 0 Å². The molecule has 1 atom stereocenters. The van der Waals surface area contributed by atoms with Crippen LogP contribution in [0.25, 0.3) is 0 Å². The Kier molecular flexibility index (Phi) is 3.33. The number of nitrogen functional groups attached to an aromatic ring is 1. The first-order chi connectivity index (χ1) is 8.50. The Bertz CT molecular complexity index is 596. The molecule has 2 aromatic rings. The number of benzene rings is 1. The molecule has 0 fully saturated rings. The normalized spacial score (nSPS) is 12.3. The summed E-state index contributed by atoms with van der Waals surface area (Å²) in [5, 5.41) is 14.9. The molecule has 0 radical (unpaired) electrons. The Balaban J connectivity index is 2.40. The molecule has 0 bridgehead atoms. The minimum absolute atomic E-state index is 0.0594. The number of anilines is 1. The van der Waals surface area contributed by atoms with Crippen molar-refractivity contribution in [1.82, 2.24) is 9.78 Å². The first-order valence-electron chi connectivity index (χ1n) is 5.23. The molecule has 2 rings (SSSR count). The van der Waals surface area contributed by atoms with Gasteiger partial charge in [-0.05, 0) is 28.4 Å². The number of halogens is 1. The average Bonchev–Trinajstić information content (AvgIpc) is 2.69. The van der Waals surface area contributed by atoms with E-state index in [4.69, 9.17) is 5.73 Å². The highest BCUT2D eigenvalue weighted by Gasteiger charge is 2.16. The second-order valence-corrected chi connectivity index (χ2v) is 4.70. The first kappa shape index (κ1) is 12.6. The van der Waals surface area contributed by atoms with Crippen molar-refractivity contribution in [3.8, 4) is 0 Å². The van der Waals surface area contributed by atoms with E-state index in [1.165, 1.54) is 12.1 Å². The molecule has 1 heterocycles. The van der Waals surface area contributed by atoms with Crippen LogP contribution >= 0.6 is 15.9 Å². The third-order valence-corrected chi connectivity index (χ3v) is 3.33. The minimum atomic E-state index is -0.418. The third-order valence-electron chi connectivity index (χ3n) is 2.72. The maximum absolute atomic E-state index is 10.7. The van der Waals surface area contributed by atoms with Gasteiger partial charge in [-0.25, -0.2) is 4.68 Å². The third kappa shape index (κ3) is 2.21. The smallest absolute Gasteiger partial charge is 0.269 e. The summed E-state index contributed by atoms with van der Waals surface area (Å²) in [6.45, 7) is 1.88. The number of hydrogen-bond acceptors (Lipinski definition) is 4. The van der Waals surface area contributed by atoms with Crippen molar-refractivity contribution in [3.05, 3.63) is 50.6 Å². The number of aromatic nitrogens is 2. The van der Waals surface area contributed by atoms with Gasteiger partial charge in [-0.15, -0.1) is 0 Å². The lowest BCUT2D eigenvalue weighted by molar-refractivity contribution is -0.384. The predicted octanol–water partition coefficient (Wildman–Crippen LogP) is 2.75. The topological polar surface area (TPSA) is 87.0 Å². The molecule has 7 heteroatoms. The molecule has 18 heavy (non-hydrogen) atoms. The Hall–Kier alpha value is -1.89. The molecule has 0 amide bonds. The Morgan fingerprint density at radius 3 is 2.83 bits per heavy atom. The van der Waals surface area contributed by atoms with E-state index in [1.54, 1.807) is 16.9 Å². The van der Waals surface area contributed by atoms with Crippen LogP contribution in [-0.2, 0) is 0 Å². The lowest BCUT2D eigenvalue weighted by atomic mass is 10.1. The number of non-ortho nitro benzene ring substituents is 1. The first-order valence-corrected chi connectivity index (χ1v) is 6.03. The summed E-state index contributed by atoms with van der Waals surface area (Å²) in [7, 11) is 0. The molecule has 0 aliphatic rings. The standard InChI is InChI=1S/C11H11BrN4O2/c1-7(15-11(13)10(12)6-14-15)8-3-2-4-9(5-8)16(17)18/h2-7H,13H2,1H3. The van der Waals surface area contributed by atoms with E-state index in [9.17, 15) is 10.1 Å². The summed E-state index contributed by atoms with van der Waals surface area (Å²) in [5.41, 5.74) is 6.70. The van der Waals surface area contributed by atoms with Crippen LogP contribution in [0.15, 0.2) is 34.9 Å². The molecule has 1 aromatic carbocycles. The molecule has 0 saturated heterocycles. The number of nitrogens with zero attached hydrogens (tertiary/aromatic N) is 3. The fourth-order valence-corrected chi connectivity index (χ4v) is 1.97. The number of nitro groups is 1. The van der Waals surface area contributed by atoms with E-state index >= 15 is 0 Å². The van der Waals surface area contributed by atoms with Gasteiger partial charge in [0.2, 0.25) is 0 Å². The highest BCUT2D eigenvalue weighted by molar-refractivity contribution is 9.10. The van der Waals surface area contributed by atoms with Crippen LogP contribution in [0.2, 0.25) is 0 Å². The van der Waals surface area contributed by atoms with Crippen molar-refractivity contribution in [2.45, 2.75) is 13.0 Å². The zero-order chi connectivity index (χ0) is 13.3. The highest BCUT2D eigenvalue weighted by atomic mass is 79.9. The summed E-state index contributed by atoms with van der Waals surface area (Å²) in [6.07, 6.45) is 1.60. The van der Waals surface area contributed by atoms with Gasteiger partial charge in [-0.2, -0.15) is 5.10 Å². The van der Waals surface area contributed by atoms with Crippen LogP contribution in [0, 0.1) is 10.1 Å². The van der Waals surface area contributed by atoms with Gasteiger partial charge in [0, 0.05) is 12.1 Å². The summed E-state index contributed by atoms with van der Waals surface area (Å²) in [4.78, 5) is 10.3. The van der Waals surface area contributed by atoms with Gasteiger partial charge in [-0.3, -0.25) is 10.1 Å². The molecule has 1 unspecified atom stereocenters. The Morgan fingerprint density at radius 2 is 2.28 bits per heavy atom. The van der Waals surface area contributed by atoms with Gasteiger partial charge in [0.25, 0.3) is 5.69 Å². The van der Waals surface area contributed by atoms with Crippen molar-refractivity contribution < 1.29 is 4.92 Å². The van der Waals surface area contributed by atoms with Crippen LogP contribution in [0.3, 0.4) is 0 Å². The van der Waals surface area contributed by atoms with Gasteiger partial charge in [0.15, 0.2) is 0 Å². The molecule has 94 valence electrons. The molecule has 2 N–H and O–H groups in total. The zero-order valence-corrected chi connectivity index (χ0v) is 11.2. The van der Waals surface area contributed by atoms with Gasteiger partial charge < -0.3 is 5.73 Å². The second kappa shape index (κ2) is 4.77. The van der Waals surface area contributed by atoms with Crippen LogP contribution in [0.4, 0.5) is 11.5 Å². The molecule has 6 nitrogen and oxygen atoms in total. The fourth-order valence-electron chi connectivity index (χ4n) is 1.70. The fraction of sp³-hybridized carbons (Fsp3) is 0.182. The predicted molar refractivity (Wildman–Crippen MR) is 71.2 cm³/mol. The van der Waals surface area contributed by atoms with Crippen LogP contribution in [0.1, 0.15) is 18.5 Å². The van der Waals surface area contributed by atoms with E-state index < -0.39 is 4.92 Å². The SMILES string of the molecule is CC(c1cccc([N+](=O)[O-])c1)n1ncc(Br)c1N. The molecular formula is C11H11BrN4O2. The van der Waals surface area contributed by atoms with Crippen LogP contribution in [0.5, 0.6) is 0 Å². The van der Waals surface area contributed by atoms with Crippen molar-refractivity contribution in [1.29, 1.82) is 0 Å². The molecular weight excluding hydrogens is 300 g/mol. The minimum Gasteiger partial charge on any atom is -0.383 e.